The number of aromatic nitrogens is 2. The normalized spacial score (nSPS) is 17.6. The highest BCUT2D eigenvalue weighted by molar-refractivity contribution is 5.91. The van der Waals surface area contributed by atoms with Crippen LogP contribution in [0.3, 0.4) is 0 Å². The molecule has 4 nitrogen and oxygen atoms in total. The van der Waals surface area contributed by atoms with E-state index in [2.05, 4.69) is 21.8 Å². The first-order chi connectivity index (χ1) is 11.6. The summed E-state index contributed by atoms with van der Waals surface area (Å²) in [5.74, 6) is 1.62. The van der Waals surface area contributed by atoms with Crippen molar-refractivity contribution in [2.75, 3.05) is 18.0 Å². The third-order valence-electron chi connectivity index (χ3n) is 4.51. The number of aromatic hydroxyl groups is 1. The number of hydrogen-bond donors (Lipinski definition) is 1. The van der Waals surface area contributed by atoms with Gasteiger partial charge in [-0.3, -0.25) is 0 Å². The lowest BCUT2D eigenvalue weighted by Gasteiger charge is -2.20. The molecule has 2 aromatic carbocycles. The molecule has 122 valence electrons. The molecule has 0 unspecified atom stereocenters. The van der Waals surface area contributed by atoms with E-state index in [9.17, 15) is 9.50 Å². The molecule has 0 radical (unpaired) electrons. The molecule has 0 bridgehead atoms. The number of nitrogens with zero attached hydrogens (tertiary/aromatic N) is 3. The molecule has 24 heavy (non-hydrogen) atoms. The summed E-state index contributed by atoms with van der Waals surface area (Å²) in [6.45, 7) is 3.99. The van der Waals surface area contributed by atoms with Crippen LogP contribution in [-0.2, 0) is 0 Å². The molecule has 0 aliphatic carbocycles. The van der Waals surface area contributed by atoms with Crippen LogP contribution in [-0.4, -0.2) is 28.2 Å². The highest BCUT2D eigenvalue weighted by atomic mass is 19.1. The Morgan fingerprint density at radius 3 is 2.75 bits per heavy atom. The van der Waals surface area contributed by atoms with Crippen molar-refractivity contribution in [3.05, 3.63) is 48.3 Å². The van der Waals surface area contributed by atoms with Gasteiger partial charge in [-0.2, -0.15) is 0 Å². The smallest absolute Gasteiger partial charge is 0.165 e. The lowest BCUT2D eigenvalue weighted by molar-refractivity contribution is 0.477. The first-order valence-corrected chi connectivity index (χ1v) is 8.12. The van der Waals surface area contributed by atoms with Crippen LogP contribution in [0.25, 0.3) is 22.3 Å². The molecule has 1 N–H and O–H groups in total. The van der Waals surface area contributed by atoms with E-state index in [1.807, 2.05) is 6.07 Å². The number of fused-ring (bicyclic) bond motifs is 1. The number of rotatable bonds is 2. The zero-order chi connectivity index (χ0) is 16.7. The van der Waals surface area contributed by atoms with Crippen molar-refractivity contribution in [1.29, 1.82) is 0 Å². The Balaban J connectivity index is 1.94. The maximum Gasteiger partial charge on any atom is 0.165 e. The van der Waals surface area contributed by atoms with Gasteiger partial charge in [0.2, 0.25) is 0 Å². The molecule has 2 heterocycles. The molecule has 1 saturated heterocycles. The predicted octanol–water partition coefficient (Wildman–Crippen LogP) is 3.99. The van der Waals surface area contributed by atoms with E-state index in [0.717, 1.165) is 25.3 Å². The summed E-state index contributed by atoms with van der Waals surface area (Å²) in [6, 6.07) is 11.6. The monoisotopic (exact) mass is 323 g/mol. The number of hydrogen-bond acceptors (Lipinski definition) is 4. The summed E-state index contributed by atoms with van der Waals surface area (Å²) in [4.78, 5) is 11.4. The van der Waals surface area contributed by atoms with Crippen LogP contribution < -0.4 is 4.90 Å². The largest absolute Gasteiger partial charge is 0.507 e. The number of halogens is 1. The summed E-state index contributed by atoms with van der Waals surface area (Å²) in [5, 5.41) is 10.8. The Bertz CT molecular complexity index is 912. The Labute approximate surface area is 139 Å². The van der Waals surface area contributed by atoms with Crippen molar-refractivity contribution in [2.24, 2.45) is 5.92 Å². The van der Waals surface area contributed by atoms with Crippen molar-refractivity contribution in [3.8, 4) is 17.1 Å². The molecule has 5 heteroatoms. The number of anilines is 1. The molecule has 0 spiro atoms. The van der Waals surface area contributed by atoms with E-state index in [-0.39, 0.29) is 11.6 Å². The Kier molecular flexibility index (Phi) is 3.56. The minimum Gasteiger partial charge on any atom is -0.507 e. The van der Waals surface area contributed by atoms with Crippen LogP contribution in [0.15, 0.2) is 42.5 Å². The highest BCUT2D eigenvalue weighted by Gasteiger charge is 2.23. The van der Waals surface area contributed by atoms with Gasteiger partial charge in [0, 0.05) is 18.5 Å². The number of phenolic OH excluding ortho intramolecular Hbond substituents is 1. The van der Waals surface area contributed by atoms with E-state index in [1.54, 1.807) is 24.3 Å². The molecular weight excluding hydrogens is 305 g/mol. The lowest BCUT2D eigenvalue weighted by Crippen LogP contribution is -2.21. The molecule has 1 aliphatic heterocycles. The van der Waals surface area contributed by atoms with E-state index in [4.69, 9.17) is 0 Å². The molecule has 0 saturated carbocycles. The molecule has 0 amide bonds. The molecule has 1 fully saturated rings. The van der Waals surface area contributed by atoms with Gasteiger partial charge in [0.05, 0.1) is 11.1 Å². The quantitative estimate of drug-likeness (QED) is 0.775. The van der Waals surface area contributed by atoms with Gasteiger partial charge in [-0.25, -0.2) is 14.4 Å². The van der Waals surface area contributed by atoms with Crippen LogP contribution >= 0.6 is 0 Å². The topological polar surface area (TPSA) is 49.2 Å². The Morgan fingerprint density at radius 2 is 2.00 bits per heavy atom. The summed E-state index contributed by atoms with van der Waals surface area (Å²) in [7, 11) is 0. The van der Waals surface area contributed by atoms with Gasteiger partial charge in [0.25, 0.3) is 0 Å². The highest BCUT2D eigenvalue weighted by Crippen LogP contribution is 2.33. The Hall–Kier alpha value is -2.69. The standard InChI is InChI=1S/C19H18FN3O/c1-12-8-9-23(11-12)19-15-10-13(20)6-7-16(15)21-18(22-19)14-4-2-3-5-17(14)24/h2-7,10,12,24H,8-9,11H2,1H3/t12-/m1/s1. The van der Waals surface area contributed by atoms with Crippen molar-refractivity contribution in [1.82, 2.24) is 9.97 Å². The molecule has 1 atom stereocenters. The molecule has 1 aromatic heterocycles. The van der Waals surface area contributed by atoms with Gasteiger partial charge in [-0.1, -0.05) is 19.1 Å². The lowest BCUT2D eigenvalue weighted by atomic mass is 10.1. The van der Waals surface area contributed by atoms with E-state index in [0.29, 0.717) is 28.2 Å². The van der Waals surface area contributed by atoms with Gasteiger partial charge in [-0.15, -0.1) is 0 Å². The van der Waals surface area contributed by atoms with Gasteiger partial charge in [-0.05, 0) is 42.7 Å². The maximum absolute atomic E-state index is 13.8. The van der Waals surface area contributed by atoms with Crippen LogP contribution in [0.2, 0.25) is 0 Å². The van der Waals surface area contributed by atoms with Gasteiger partial charge < -0.3 is 10.0 Å². The minimum atomic E-state index is -0.296. The van der Waals surface area contributed by atoms with Crippen LogP contribution in [0.1, 0.15) is 13.3 Å². The van der Waals surface area contributed by atoms with Gasteiger partial charge in [0.1, 0.15) is 17.4 Å². The van der Waals surface area contributed by atoms with Gasteiger partial charge >= 0.3 is 0 Å². The third kappa shape index (κ3) is 2.56. The van der Waals surface area contributed by atoms with E-state index < -0.39 is 0 Å². The predicted molar refractivity (Wildman–Crippen MR) is 92.6 cm³/mol. The van der Waals surface area contributed by atoms with Crippen molar-refractivity contribution in [2.45, 2.75) is 13.3 Å². The number of para-hydroxylation sites is 1. The Morgan fingerprint density at radius 1 is 1.17 bits per heavy atom. The average Bonchev–Trinajstić information content (AvgIpc) is 3.01. The first kappa shape index (κ1) is 14.9. The molecule has 3 aromatic rings. The van der Waals surface area contributed by atoms with Crippen molar-refractivity contribution >= 4 is 16.7 Å². The second kappa shape index (κ2) is 5.74. The number of benzene rings is 2. The summed E-state index contributed by atoms with van der Waals surface area (Å²) in [5.41, 5.74) is 1.26. The minimum absolute atomic E-state index is 0.139. The second-order valence-corrected chi connectivity index (χ2v) is 6.39. The fourth-order valence-corrected chi connectivity index (χ4v) is 3.24. The van der Waals surface area contributed by atoms with E-state index >= 15 is 0 Å². The van der Waals surface area contributed by atoms with E-state index in [1.165, 1.54) is 12.1 Å². The fraction of sp³-hybridized carbons (Fsp3) is 0.263. The first-order valence-electron chi connectivity index (χ1n) is 8.12. The summed E-state index contributed by atoms with van der Waals surface area (Å²) in [6.07, 6.45) is 1.09. The second-order valence-electron chi connectivity index (χ2n) is 6.39. The van der Waals surface area contributed by atoms with Gasteiger partial charge in [0.15, 0.2) is 5.82 Å². The van der Waals surface area contributed by atoms with Crippen LogP contribution in [0, 0.1) is 11.7 Å². The van der Waals surface area contributed by atoms with Crippen molar-refractivity contribution < 1.29 is 9.50 Å². The zero-order valence-electron chi connectivity index (χ0n) is 13.4. The summed E-state index contributed by atoms with van der Waals surface area (Å²) >= 11 is 0. The third-order valence-corrected chi connectivity index (χ3v) is 4.51. The molecular formula is C19H18FN3O. The maximum atomic E-state index is 13.8. The molecule has 4 rings (SSSR count). The summed E-state index contributed by atoms with van der Waals surface area (Å²) < 4.78 is 13.8. The zero-order valence-corrected chi connectivity index (χ0v) is 13.4. The van der Waals surface area contributed by atoms with Crippen molar-refractivity contribution in [3.63, 3.8) is 0 Å². The van der Waals surface area contributed by atoms with Crippen LogP contribution in [0.5, 0.6) is 5.75 Å². The van der Waals surface area contributed by atoms with Crippen LogP contribution in [0.4, 0.5) is 10.2 Å². The average molecular weight is 323 g/mol. The SMILES string of the molecule is C[C@@H]1CCN(c2nc(-c3ccccc3O)nc3ccc(F)cc23)C1. The fourth-order valence-electron chi connectivity index (χ4n) is 3.24. The molecule has 1 aliphatic rings. The number of phenols is 1.